The molecule has 2 aromatic heterocycles. The van der Waals surface area contributed by atoms with Gasteiger partial charge in [0.25, 0.3) is 10.0 Å². The molecule has 0 fully saturated rings. The zero-order valence-corrected chi connectivity index (χ0v) is 18.5. The standard InChI is InChI=1S/C20H18N4O5S2/c1-27-13-9-16(28-2)18(17(10-13)29-3)19-15-5-4-14(8-12(15)6-7-21-19)31(25,26)24-20-22-11-23-30-20/h4-11H,1-3H3,(H,22,23,24). The Hall–Kier alpha value is -3.44. The molecule has 2 heterocycles. The molecule has 0 aliphatic heterocycles. The number of fused-ring (bicyclic) bond motifs is 1. The molecule has 1 N–H and O–H groups in total. The normalized spacial score (nSPS) is 11.3. The fourth-order valence-electron chi connectivity index (χ4n) is 3.15. The van der Waals surface area contributed by atoms with Crippen LogP contribution in [0.3, 0.4) is 0 Å². The fraction of sp³-hybridized carbons (Fsp3) is 0.150. The van der Waals surface area contributed by atoms with E-state index in [9.17, 15) is 8.42 Å². The average molecular weight is 459 g/mol. The molecule has 0 saturated carbocycles. The van der Waals surface area contributed by atoms with Crippen LogP contribution in [0.1, 0.15) is 0 Å². The number of hydrogen-bond acceptors (Lipinski definition) is 9. The lowest BCUT2D eigenvalue weighted by molar-refractivity contribution is 0.377. The largest absolute Gasteiger partial charge is 0.496 e. The number of anilines is 1. The molecule has 160 valence electrons. The number of nitrogens with one attached hydrogen (secondary N) is 1. The van der Waals surface area contributed by atoms with Crippen molar-refractivity contribution in [2.24, 2.45) is 0 Å². The highest BCUT2D eigenvalue weighted by Gasteiger charge is 2.21. The zero-order valence-electron chi connectivity index (χ0n) is 16.8. The van der Waals surface area contributed by atoms with E-state index < -0.39 is 10.0 Å². The Morgan fingerprint density at radius 3 is 2.29 bits per heavy atom. The van der Waals surface area contributed by atoms with Crippen molar-refractivity contribution in [2.75, 3.05) is 26.1 Å². The highest BCUT2D eigenvalue weighted by Crippen LogP contribution is 2.43. The van der Waals surface area contributed by atoms with Crippen molar-refractivity contribution in [3.63, 3.8) is 0 Å². The quantitative estimate of drug-likeness (QED) is 0.447. The van der Waals surface area contributed by atoms with Crippen LogP contribution in [0.4, 0.5) is 5.13 Å². The molecule has 4 rings (SSSR count). The summed E-state index contributed by atoms with van der Waals surface area (Å²) in [4.78, 5) is 8.48. The first kappa shape index (κ1) is 20.8. The van der Waals surface area contributed by atoms with E-state index in [1.54, 1.807) is 57.9 Å². The van der Waals surface area contributed by atoms with Crippen LogP contribution in [0.15, 0.2) is 53.8 Å². The van der Waals surface area contributed by atoms with Gasteiger partial charge in [-0.05, 0) is 23.6 Å². The Morgan fingerprint density at radius 2 is 1.68 bits per heavy atom. The molecule has 0 amide bonds. The van der Waals surface area contributed by atoms with Crippen molar-refractivity contribution in [1.82, 2.24) is 14.3 Å². The van der Waals surface area contributed by atoms with Crippen molar-refractivity contribution in [3.05, 3.63) is 48.9 Å². The molecule has 11 heteroatoms. The Balaban J connectivity index is 1.85. The Labute approximate surface area is 182 Å². The van der Waals surface area contributed by atoms with Crippen LogP contribution >= 0.6 is 11.5 Å². The molecule has 2 aromatic carbocycles. The summed E-state index contributed by atoms with van der Waals surface area (Å²) in [6, 6.07) is 10.0. The smallest absolute Gasteiger partial charge is 0.263 e. The molecule has 0 atom stereocenters. The summed E-state index contributed by atoms with van der Waals surface area (Å²) >= 11 is 0.960. The van der Waals surface area contributed by atoms with E-state index in [2.05, 4.69) is 19.1 Å². The van der Waals surface area contributed by atoms with Gasteiger partial charge in [0.1, 0.15) is 23.6 Å². The molecule has 0 spiro atoms. The molecule has 4 aromatic rings. The summed E-state index contributed by atoms with van der Waals surface area (Å²) < 4.78 is 48.1. The predicted molar refractivity (Wildman–Crippen MR) is 118 cm³/mol. The fourth-order valence-corrected chi connectivity index (χ4v) is 4.85. The highest BCUT2D eigenvalue weighted by atomic mass is 32.2. The van der Waals surface area contributed by atoms with Crippen molar-refractivity contribution in [2.45, 2.75) is 4.90 Å². The van der Waals surface area contributed by atoms with Gasteiger partial charge in [0.05, 0.1) is 37.5 Å². The molecular formula is C20H18N4O5S2. The maximum absolute atomic E-state index is 12.7. The third-order valence-electron chi connectivity index (χ3n) is 4.58. The lowest BCUT2D eigenvalue weighted by Gasteiger charge is -2.16. The topological polar surface area (TPSA) is 113 Å². The first-order valence-corrected chi connectivity index (χ1v) is 11.2. The number of pyridine rings is 1. The second-order valence-corrected chi connectivity index (χ2v) is 8.76. The van der Waals surface area contributed by atoms with Crippen molar-refractivity contribution >= 4 is 37.5 Å². The van der Waals surface area contributed by atoms with Gasteiger partial charge in [-0.25, -0.2) is 13.4 Å². The van der Waals surface area contributed by atoms with Gasteiger partial charge in [-0.3, -0.25) is 9.71 Å². The SMILES string of the molecule is COc1cc(OC)c(-c2nccc3cc(S(=O)(=O)Nc4ncns4)ccc23)c(OC)c1. The summed E-state index contributed by atoms with van der Waals surface area (Å²) in [6.07, 6.45) is 2.89. The van der Waals surface area contributed by atoms with Crippen LogP contribution in [-0.4, -0.2) is 44.1 Å². The van der Waals surface area contributed by atoms with Gasteiger partial charge in [-0.1, -0.05) is 6.07 Å². The van der Waals surface area contributed by atoms with Crippen LogP contribution in [-0.2, 0) is 10.0 Å². The van der Waals surface area contributed by atoms with Gasteiger partial charge in [-0.2, -0.15) is 4.37 Å². The molecule has 0 aliphatic carbocycles. The number of ether oxygens (including phenoxy) is 3. The molecule has 0 radical (unpaired) electrons. The first-order valence-electron chi connectivity index (χ1n) is 8.95. The van der Waals surface area contributed by atoms with Crippen LogP contribution in [0.25, 0.3) is 22.0 Å². The third-order valence-corrected chi connectivity index (χ3v) is 6.63. The molecule has 0 saturated heterocycles. The summed E-state index contributed by atoms with van der Waals surface area (Å²) in [5.74, 6) is 1.62. The molecule has 9 nitrogen and oxygen atoms in total. The average Bonchev–Trinajstić information content (AvgIpc) is 3.29. The van der Waals surface area contributed by atoms with Crippen LogP contribution in [0, 0.1) is 0 Å². The van der Waals surface area contributed by atoms with E-state index in [-0.39, 0.29) is 10.0 Å². The second kappa shape index (κ2) is 8.36. The minimum atomic E-state index is -3.82. The number of sulfonamides is 1. The Morgan fingerprint density at radius 1 is 0.935 bits per heavy atom. The van der Waals surface area contributed by atoms with Crippen LogP contribution in [0.5, 0.6) is 17.2 Å². The maximum Gasteiger partial charge on any atom is 0.263 e. The zero-order chi connectivity index (χ0) is 22.0. The first-order chi connectivity index (χ1) is 15.0. The van der Waals surface area contributed by atoms with Crippen LogP contribution < -0.4 is 18.9 Å². The lowest BCUT2D eigenvalue weighted by atomic mass is 10.0. The van der Waals surface area contributed by atoms with Crippen molar-refractivity contribution in [3.8, 4) is 28.5 Å². The molecule has 0 aliphatic rings. The van der Waals surface area contributed by atoms with E-state index in [1.807, 2.05) is 0 Å². The number of methoxy groups -OCH3 is 3. The maximum atomic E-state index is 12.7. The Kier molecular flexibility index (Phi) is 5.61. The number of hydrogen-bond donors (Lipinski definition) is 1. The van der Waals surface area contributed by atoms with Gasteiger partial charge >= 0.3 is 0 Å². The number of benzene rings is 2. The third kappa shape index (κ3) is 3.97. The summed E-state index contributed by atoms with van der Waals surface area (Å²) in [7, 11) is 0.839. The summed E-state index contributed by atoms with van der Waals surface area (Å²) in [5.41, 5.74) is 1.23. The van der Waals surface area contributed by atoms with Crippen molar-refractivity contribution in [1.29, 1.82) is 0 Å². The number of rotatable bonds is 7. The van der Waals surface area contributed by atoms with Gasteiger partial charge in [0.2, 0.25) is 5.13 Å². The van der Waals surface area contributed by atoms with Crippen molar-refractivity contribution < 1.29 is 22.6 Å². The summed E-state index contributed by atoms with van der Waals surface area (Å²) in [6.45, 7) is 0. The van der Waals surface area contributed by atoms with Gasteiger partial charge in [0.15, 0.2) is 0 Å². The van der Waals surface area contributed by atoms with E-state index in [1.165, 1.54) is 12.4 Å². The van der Waals surface area contributed by atoms with E-state index in [4.69, 9.17) is 14.2 Å². The van der Waals surface area contributed by atoms with E-state index in [0.717, 1.165) is 16.9 Å². The number of nitrogens with zero attached hydrogens (tertiary/aromatic N) is 3. The van der Waals surface area contributed by atoms with Gasteiger partial charge in [-0.15, -0.1) is 0 Å². The molecule has 0 unspecified atom stereocenters. The van der Waals surface area contributed by atoms with E-state index >= 15 is 0 Å². The summed E-state index contributed by atoms with van der Waals surface area (Å²) in [5, 5.41) is 1.62. The minimum Gasteiger partial charge on any atom is -0.496 e. The minimum absolute atomic E-state index is 0.0982. The molecular weight excluding hydrogens is 440 g/mol. The van der Waals surface area contributed by atoms with E-state index in [0.29, 0.717) is 33.9 Å². The van der Waals surface area contributed by atoms with Gasteiger partial charge in [0, 0.05) is 35.2 Å². The highest BCUT2D eigenvalue weighted by molar-refractivity contribution is 7.93. The monoisotopic (exact) mass is 458 g/mol. The second-order valence-electron chi connectivity index (χ2n) is 6.30. The predicted octanol–water partition coefficient (Wildman–Crippen LogP) is 3.58. The Bertz CT molecular complexity index is 1320. The van der Waals surface area contributed by atoms with Gasteiger partial charge < -0.3 is 14.2 Å². The molecule has 31 heavy (non-hydrogen) atoms. The van der Waals surface area contributed by atoms with Crippen LogP contribution in [0.2, 0.25) is 0 Å². The lowest BCUT2D eigenvalue weighted by Crippen LogP contribution is -2.12. The molecule has 0 bridgehead atoms. The number of aromatic nitrogens is 3.